The van der Waals surface area contributed by atoms with E-state index in [0.717, 1.165) is 70.6 Å². The summed E-state index contributed by atoms with van der Waals surface area (Å²) in [5, 5.41) is 40.1. The first kappa shape index (κ1) is 52.9. The molecule has 0 bridgehead atoms. The highest BCUT2D eigenvalue weighted by atomic mass is 16.7. The van der Waals surface area contributed by atoms with Crippen LogP contribution in [0.5, 0.6) is 0 Å². The summed E-state index contributed by atoms with van der Waals surface area (Å²) in [5.74, 6) is -0.821. The Hall–Kier alpha value is -2.08. The number of ether oxygens (including phenoxy) is 4. The first-order chi connectivity index (χ1) is 27.8. The molecule has 1 aliphatic heterocycles. The highest BCUT2D eigenvalue weighted by molar-refractivity contribution is 5.70. The molecule has 57 heavy (non-hydrogen) atoms. The smallest absolute Gasteiger partial charge is 0.306 e. The molecule has 6 unspecified atom stereocenters. The van der Waals surface area contributed by atoms with Crippen molar-refractivity contribution in [3.8, 4) is 0 Å². The Kier molecular flexibility index (Phi) is 35.4. The van der Waals surface area contributed by atoms with Gasteiger partial charge in [-0.05, 0) is 64.2 Å². The van der Waals surface area contributed by atoms with Crippen LogP contribution in [-0.2, 0) is 28.5 Å². The molecule has 10 heteroatoms. The molecular weight excluding hydrogens is 725 g/mol. The standard InChI is InChI=1S/C47H84O10/c1-3-5-7-9-11-13-15-16-17-18-19-20-21-22-23-24-26-28-30-32-34-36-43(50)56-40(39-55-47-46(53)45(52)44(51)41(37-48)57-47)38-54-42(49)35-33-31-29-27-25-14-12-10-8-6-4-2/h10,12,15-16,18-19,40-41,44-48,51-53H,3-9,11,13-14,17,20-39H2,1-2H3/b12-10-,16-15-,19-18-. The van der Waals surface area contributed by atoms with Crippen LogP contribution in [-0.4, -0.2) is 89.0 Å². The number of unbranched alkanes of at least 4 members (excludes halogenated alkanes) is 21. The van der Waals surface area contributed by atoms with E-state index >= 15 is 0 Å². The lowest BCUT2D eigenvalue weighted by Crippen LogP contribution is -2.59. The summed E-state index contributed by atoms with van der Waals surface area (Å²) in [4.78, 5) is 25.3. The molecule has 6 atom stereocenters. The number of allylic oxidation sites excluding steroid dienone is 6. The van der Waals surface area contributed by atoms with Crippen molar-refractivity contribution in [3.05, 3.63) is 36.5 Å². The number of esters is 2. The predicted octanol–water partition coefficient (Wildman–Crippen LogP) is 9.89. The van der Waals surface area contributed by atoms with Crippen molar-refractivity contribution >= 4 is 11.9 Å². The Labute approximate surface area is 346 Å². The number of rotatable bonds is 38. The van der Waals surface area contributed by atoms with Crippen LogP contribution in [0.4, 0.5) is 0 Å². The number of aliphatic hydroxyl groups excluding tert-OH is 4. The Morgan fingerprint density at radius 2 is 1.00 bits per heavy atom. The Bertz CT molecular complexity index is 1030. The van der Waals surface area contributed by atoms with E-state index in [4.69, 9.17) is 18.9 Å². The Morgan fingerprint density at radius 3 is 1.53 bits per heavy atom. The highest BCUT2D eigenvalue weighted by Crippen LogP contribution is 2.22. The van der Waals surface area contributed by atoms with E-state index in [9.17, 15) is 30.0 Å². The van der Waals surface area contributed by atoms with Gasteiger partial charge in [0.25, 0.3) is 0 Å². The van der Waals surface area contributed by atoms with Crippen LogP contribution in [0.25, 0.3) is 0 Å². The lowest BCUT2D eigenvalue weighted by atomic mass is 9.99. The quantitative estimate of drug-likeness (QED) is 0.0270. The third kappa shape index (κ3) is 29.7. The first-order valence-corrected chi connectivity index (χ1v) is 23.1. The van der Waals surface area contributed by atoms with Gasteiger partial charge in [-0.2, -0.15) is 0 Å². The Balaban J connectivity index is 2.29. The lowest BCUT2D eigenvalue weighted by molar-refractivity contribution is -0.305. The van der Waals surface area contributed by atoms with Gasteiger partial charge in [-0.1, -0.05) is 153 Å². The highest BCUT2D eigenvalue weighted by Gasteiger charge is 2.44. The normalized spacial score (nSPS) is 20.6. The summed E-state index contributed by atoms with van der Waals surface area (Å²) in [7, 11) is 0. The summed E-state index contributed by atoms with van der Waals surface area (Å²) in [5.41, 5.74) is 0. The van der Waals surface area contributed by atoms with Crippen LogP contribution < -0.4 is 0 Å². The maximum Gasteiger partial charge on any atom is 0.306 e. The number of hydrogen-bond donors (Lipinski definition) is 4. The van der Waals surface area contributed by atoms with Crippen LogP contribution in [0, 0.1) is 0 Å². The molecule has 0 aromatic heterocycles. The molecule has 10 nitrogen and oxygen atoms in total. The van der Waals surface area contributed by atoms with Crippen LogP contribution in [0.1, 0.15) is 194 Å². The van der Waals surface area contributed by atoms with Gasteiger partial charge in [0.05, 0.1) is 13.2 Å². The Morgan fingerprint density at radius 1 is 0.544 bits per heavy atom. The predicted molar refractivity (Wildman–Crippen MR) is 229 cm³/mol. The average molecular weight is 809 g/mol. The number of aliphatic hydroxyl groups is 4. The van der Waals surface area contributed by atoms with E-state index in [2.05, 4.69) is 50.3 Å². The second-order valence-electron chi connectivity index (χ2n) is 15.8. The van der Waals surface area contributed by atoms with E-state index in [1.54, 1.807) is 0 Å². The molecule has 0 aromatic rings. The summed E-state index contributed by atoms with van der Waals surface area (Å²) in [6.45, 7) is 3.36. The lowest BCUT2D eigenvalue weighted by Gasteiger charge is -2.39. The van der Waals surface area contributed by atoms with Gasteiger partial charge in [0.2, 0.25) is 0 Å². The second kappa shape index (κ2) is 38.1. The molecule has 4 N–H and O–H groups in total. The van der Waals surface area contributed by atoms with Crippen molar-refractivity contribution in [3.63, 3.8) is 0 Å². The minimum atomic E-state index is -1.60. The molecule has 332 valence electrons. The molecule has 0 saturated carbocycles. The molecular formula is C47H84O10. The van der Waals surface area contributed by atoms with Gasteiger partial charge in [0.15, 0.2) is 12.4 Å². The summed E-state index contributed by atoms with van der Waals surface area (Å²) in [6, 6.07) is 0. The van der Waals surface area contributed by atoms with Crippen molar-refractivity contribution in [1.29, 1.82) is 0 Å². The topological polar surface area (TPSA) is 152 Å². The molecule has 1 aliphatic rings. The summed E-state index contributed by atoms with van der Waals surface area (Å²) >= 11 is 0. The molecule has 1 saturated heterocycles. The fourth-order valence-electron chi connectivity index (χ4n) is 6.79. The van der Waals surface area contributed by atoms with Gasteiger partial charge in [-0.15, -0.1) is 0 Å². The van der Waals surface area contributed by atoms with E-state index in [0.29, 0.717) is 12.8 Å². The molecule has 0 aliphatic carbocycles. The van der Waals surface area contributed by atoms with Crippen LogP contribution in [0.15, 0.2) is 36.5 Å². The fraction of sp³-hybridized carbons (Fsp3) is 0.830. The van der Waals surface area contributed by atoms with Gasteiger partial charge in [0.1, 0.15) is 31.0 Å². The molecule has 0 amide bonds. The first-order valence-electron chi connectivity index (χ1n) is 23.1. The van der Waals surface area contributed by atoms with E-state index < -0.39 is 49.4 Å². The number of carbonyl (C=O) groups is 2. The maximum atomic E-state index is 12.8. The zero-order valence-corrected chi connectivity index (χ0v) is 36.1. The van der Waals surface area contributed by atoms with Crippen molar-refractivity contribution in [2.24, 2.45) is 0 Å². The largest absolute Gasteiger partial charge is 0.462 e. The van der Waals surface area contributed by atoms with Crippen molar-refractivity contribution in [2.75, 3.05) is 19.8 Å². The fourth-order valence-corrected chi connectivity index (χ4v) is 6.79. The van der Waals surface area contributed by atoms with Gasteiger partial charge in [0, 0.05) is 12.8 Å². The van der Waals surface area contributed by atoms with Crippen molar-refractivity contribution in [2.45, 2.75) is 230 Å². The minimum absolute atomic E-state index is 0.223. The molecule has 0 aromatic carbocycles. The van der Waals surface area contributed by atoms with Crippen LogP contribution >= 0.6 is 0 Å². The molecule has 1 fully saturated rings. The average Bonchev–Trinajstić information content (AvgIpc) is 3.21. The van der Waals surface area contributed by atoms with E-state index in [1.165, 1.54) is 83.5 Å². The van der Waals surface area contributed by atoms with Crippen LogP contribution in [0.2, 0.25) is 0 Å². The maximum absolute atomic E-state index is 12.8. The van der Waals surface area contributed by atoms with Gasteiger partial charge < -0.3 is 39.4 Å². The number of carbonyl (C=O) groups excluding carboxylic acids is 2. The zero-order chi connectivity index (χ0) is 41.6. The summed E-state index contributed by atoms with van der Waals surface area (Å²) < 4.78 is 22.1. The molecule has 0 radical (unpaired) electrons. The third-order valence-electron chi connectivity index (χ3n) is 10.5. The monoisotopic (exact) mass is 809 g/mol. The van der Waals surface area contributed by atoms with E-state index in [1.807, 2.05) is 0 Å². The molecule has 0 spiro atoms. The van der Waals surface area contributed by atoms with Gasteiger partial charge in [-0.25, -0.2) is 0 Å². The second-order valence-corrected chi connectivity index (χ2v) is 15.8. The third-order valence-corrected chi connectivity index (χ3v) is 10.5. The van der Waals surface area contributed by atoms with Gasteiger partial charge >= 0.3 is 11.9 Å². The van der Waals surface area contributed by atoms with Gasteiger partial charge in [-0.3, -0.25) is 9.59 Å². The molecule has 1 rings (SSSR count). The molecule has 1 heterocycles. The minimum Gasteiger partial charge on any atom is -0.462 e. The number of hydrogen-bond acceptors (Lipinski definition) is 10. The summed E-state index contributed by atoms with van der Waals surface area (Å²) in [6.07, 6.45) is 35.8. The van der Waals surface area contributed by atoms with Crippen molar-refractivity contribution in [1.82, 2.24) is 0 Å². The zero-order valence-electron chi connectivity index (χ0n) is 36.1. The SMILES string of the molecule is CCCC/C=C\CCCCCCCC(=O)OCC(COC1OC(CO)C(O)C(O)C1O)OC(=O)CCCCCCCCCCC/C=C\C/C=C\CCCCCCC. The van der Waals surface area contributed by atoms with Crippen molar-refractivity contribution < 1.29 is 49.0 Å². The van der Waals surface area contributed by atoms with Crippen LogP contribution in [0.3, 0.4) is 0 Å². The van der Waals surface area contributed by atoms with E-state index in [-0.39, 0.29) is 32.0 Å².